The lowest BCUT2D eigenvalue weighted by atomic mass is 10.2. The molecular weight excluding hydrogens is 407 g/mol. The smallest absolute Gasteiger partial charge is 0.272 e. The van der Waals surface area contributed by atoms with Crippen molar-refractivity contribution in [2.75, 3.05) is 5.32 Å². The summed E-state index contributed by atoms with van der Waals surface area (Å²) in [6, 6.07) is 7.74. The quantitative estimate of drug-likeness (QED) is 0.736. The minimum atomic E-state index is -0.104. The van der Waals surface area contributed by atoms with E-state index in [4.69, 9.17) is 0 Å². The molecule has 0 radical (unpaired) electrons. The van der Waals surface area contributed by atoms with Crippen LogP contribution in [0.25, 0.3) is 0 Å². The highest BCUT2D eigenvalue weighted by Gasteiger charge is 2.12. The van der Waals surface area contributed by atoms with Gasteiger partial charge in [0.2, 0.25) is 0 Å². The monoisotopic (exact) mass is 418 g/mol. The summed E-state index contributed by atoms with van der Waals surface area (Å²) < 4.78 is 3.85. The van der Waals surface area contributed by atoms with Gasteiger partial charge in [-0.3, -0.25) is 4.79 Å². The highest BCUT2D eigenvalue weighted by atomic mass is 127. The van der Waals surface area contributed by atoms with Gasteiger partial charge in [-0.2, -0.15) is 0 Å². The van der Waals surface area contributed by atoms with E-state index in [0.29, 0.717) is 5.69 Å². The van der Waals surface area contributed by atoms with Crippen molar-refractivity contribution >= 4 is 50.1 Å². The molecular formula is C13H12BrIN2O. The normalized spacial score (nSPS) is 10.4. The van der Waals surface area contributed by atoms with Gasteiger partial charge in [0.05, 0.1) is 0 Å². The van der Waals surface area contributed by atoms with Gasteiger partial charge in [-0.15, -0.1) is 0 Å². The van der Waals surface area contributed by atoms with Crippen LogP contribution >= 0.6 is 38.5 Å². The summed E-state index contributed by atoms with van der Waals surface area (Å²) in [6.45, 7) is 1.98. The van der Waals surface area contributed by atoms with Crippen LogP contribution in [0.1, 0.15) is 16.1 Å². The van der Waals surface area contributed by atoms with E-state index in [9.17, 15) is 4.79 Å². The van der Waals surface area contributed by atoms with Crippen LogP contribution in [-0.2, 0) is 7.05 Å². The first-order chi connectivity index (χ1) is 8.47. The summed E-state index contributed by atoms with van der Waals surface area (Å²) >= 11 is 5.61. The highest BCUT2D eigenvalue weighted by Crippen LogP contribution is 2.20. The second kappa shape index (κ2) is 5.44. The van der Waals surface area contributed by atoms with Crippen molar-refractivity contribution in [2.45, 2.75) is 6.92 Å². The third-order valence-corrected chi connectivity index (χ3v) is 3.75. The van der Waals surface area contributed by atoms with E-state index in [1.165, 1.54) is 0 Å². The van der Waals surface area contributed by atoms with Crippen molar-refractivity contribution < 1.29 is 4.79 Å². The fraction of sp³-hybridized carbons (Fsp3) is 0.154. The Morgan fingerprint density at radius 2 is 2.11 bits per heavy atom. The van der Waals surface area contributed by atoms with E-state index in [1.54, 1.807) is 10.6 Å². The van der Waals surface area contributed by atoms with Crippen molar-refractivity contribution in [3.8, 4) is 0 Å². The highest BCUT2D eigenvalue weighted by molar-refractivity contribution is 14.1. The first-order valence-corrected chi connectivity index (χ1v) is 7.24. The fourth-order valence-corrected chi connectivity index (χ4v) is 2.87. The van der Waals surface area contributed by atoms with E-state index in [0.717, 1.165) is 19.3 Å². The molecule has 0 atom stereocenters. The summed E-state index contributed by atoms with van der Waals surface area (Å²) in [6.07, 6.45) is 1.86. The maximum atomic E-state index is 12.1. The lowest BCUT2D eigenvalue weighted by Crippen LogP contribution is -2.15. The van der Waals surface area contributed by atoms with Crippen molar-refractivity contribution in [3.05, 3.63) is 49.8 Å². The minimum Gasteiger partial charge on any atom is -0.345 e. The van der Waals surface area contributed by atoms with E-state index in [1.807, 2.05) is 38.4 Å². The molecule has 2 aromatic rings. The average molecular weight is 419 g/mol. The summed E-state index contributed by atoms with van der Waals surface area (Å²) in [5.41, 5.74) is 2.53. The molecule has 0 spiro atoms. The molecule has 94 valence electrons. The van der Waals surface area contributed by atoms with Crippen LogP contribution in [0.2, 0.25) is 0 Å². The molecule has 1 aromatic heterocycles. The summed E-state index contributed by atoms with van der Waals surface area (Å²) in [5.74, 6) is -0.104. The van der Waals surface area contributed by atoms with E-state index < -0.39 is 0 Å². The Kier molecular flexibility index (Phi) is 4.11. The molecule has 1 aromatic carbocycles. The van der Waals surface area contributed by atoms with E-state index in [-0.39, 0.29) is 5.91 Å². The van der Waals surface area contributed by atoms with Crippen LogP contribution in [0.5, 0.6) is 0 Å². The van der Waals surface area contributed by atoms with Gasteiger partial charge in [-0.25, -0.2) is 0 Å². The summed E-state index contributed by atoms with van der Waals surface area (Å²) in [7, 11) is 1.85. The fourth-order valence-electron chi connectivity index (χ4n) is 1.70. The maximum absolute atomic E-state index is 12.1. The van der Waals surface area contributed by atoms with Gasteiger partial charge in [0, 0.05) is 27.0 Å². The Labute approximate surface area is 128 Å². The molecule has 5 heteroatoms. The Morgan fingerprint density at radius 3 is 2.67 bits per heavy atom. The number of aryl methyl sites for hydroxylation is 2. The number of hydrogen-bond acceptors (Lipinski definition) is 1. The van der Waals surface area contributed by atoms with Crippen LogP contribution in [0.4, 0.5) is 5.69 Å². The second-order valence-electron chi connectivity index (χ2n) is 4.07. The van der Waals surface area contributed by atoms with Gasteiger partial charge in [0.25, 0.3) is 5.91 Å². The Morgan fingerprint density at radius 1 is 1.39 bits per heavy atom. The number of carbonyl (C=O) groups excluding carboxylic acids is 1. The van der Waals surface area contributed by atoms with Gasteiger partial charge in [0.1, 0.15) is 5.69 Å². The zero-order valence-corrected chi connectivity index (χ0v) is 13.7. The second-order valence-corrected chi connectivity index (χ2v) is 6.23. The summed E-state index contributed by atoms with van der Waals surface area (Å²) in [4.78, 5) is 12.1. The van der Waals surface area contributed by atoms with Gasteiger partial charge in [-0.1, -0.05) is 0 Å². The van der Waals surface area contributed by atoms with Crippen LogP contribution in [0.3, 0.4) is 0 Å². The van der Waals surface area contributed by atoms with Crippen LogP contribution in [-0.4, -0.2) is 10.5 Å². The first kappa shape index (κ1) is 13.6. The number of hydrogen-bond donors (Lipinski definition) is 1. The third kappa shape index (κ3) is 2.95. The van der Waals surface area contributed by atoms with Crippen LogP contribution in [0, 0.1) is 10.5 Å². The van der Waals surface area contributed by atoms with Gasteiger partial charge in [0.15, 0.2) is 0 Å². The van der Waals surface area contributed by atoms with Crippen molar-refractivity contribution in [1.29, 1.82) is 0 Å². The molecule has 0 saturated heterocycles. The minimum absolute atomic E-state index is 0.104. The van der Waals surface area contributed by atoms with E-state index >= 15 is 0 Å². The number of halogens is 2. The van der Waals surface area contributed by atoms with E-state index in [2.05, 4.69) is 43.8 Å². The van der Waals surface area contributed by atoms with Gasteiger partial charge < -0.3 is 9.88 Å². The van der Waals surface area contributed by atoms with Crippen LogP contribution < -0.4 is 5.32 Å². The Bertz CT molecular complexity index is 607. The van der Waals surface area contributed by atoms with Crippen molar-refractivity contribution in [2.24, 2.45) is 7.05 Å². The third-order valence-electron chi connectivity index (χ3n) is 2.64. The molecule has 0 aliphatic rings. The molecule has 1 N–H and O–H groups in total. The number of nitrogens with one attached hydrogen (secondary N) is 1. The Hall–Kier alpha value is -0.820. The molecule has 0 bridgehead atoms. The molecule has 1 heterocycles. The van der Waals surface area contributed by atoms with Gasteiger partial charge >= 0.3 is 0 Å². The lowest BCUT2D eigenvalue weighted by molar-refractivity contribution is 0.101. The maximum Gasteiger partial charge on any atom is 0.272 e. The lowest BCUT2D eigenvalue weighted by Gasteiger charge is -2.09. The number of rotatable bonds is 2. The van der Waals surface area contributed by atoms with Gasteiger partial charge in [-0.05, 0) is 75.3 Å². The number of benzene rings is 1. The van der Waals surface area contributed by atoms with Crippen molar-refractivity contribution in [1.82, 2.24) is 4.57 Å². The molecule has 0 fully saturated rings. The first-order valence-electron chi connectivity index (χ1n) is 5.37. The van der Waals surface area contributed by atoms with Crippen LogP contribution in [0.15, 0.2) is 34.9 Å². The summed E-state index contributed by atoms with van der Waals surface area (Å²) in [5, 5.41) is 2.92. The Balaban J connectivity index is 2.24. The van der Waals surface area contributed by atoms with Crippen molar-refractivity contribution in [3.63, 3.8) is 0 Å². The topological polar surface area (TPSA) is 34.0 Å². The zero-order chi connectivity index (χ0) is 13.3. The number of amides is 1. The number of anilines is 1. The molecule has 3 nitrogen and oxygen atoms in total. The predicted molar refractivity (Wildman–Crippen MR) is 85.0 cm³/mol. The number of carbonyl (C=O) groups is 1. The molecule has 18 heavy (non-hydrogen) atoms. The standard InChI is InChI=1S/C13H12BrIN2O/c1-8-5-10(15)3-4-11(8)16-13(18)12-6-9(14)7-17(12)2/h3-7H,1-2H3,(H,16,18). The molecule has 0 aliphatic carbocycles. The molecule has 0 saturated carbocycles. The molecule has 2 rings (SSSR count). The SMILES string of the molecule is Cc1cc(I)ccc1NC(=O)c1cc(Br)cn1C. The largest absolute Gasteiger partial charge is 0.345 e. The number of nitrogens with zero attached hydrogens (tertiary/aromatic N) is 1. The molecule has 1 amide bonds. The molecule has 0 aliphatic heterocycles. The number of aromatic nitrogens is 1. The predicted octanol–water partition coefficient (Wildman–Crippen LogP) is 3.95. The average Bonchev–Trinajstić information content (AvgIpc) is 2.62. The zero-order valence-electron chi connectivity index (χ0n) is 10.00. The molecule has 0 unspecified atom stereocenters.